The van der Waals surface area contributed by atoms with E-state index < -0.39 is 0 Å². The highest BCUT2D eigenvalue weighted by Gasteiger charge is 2.05. The molecule has 1 aromatic carbocycles. The van der Waals surface area contributed by atoms with Crippen LogP contribution < -0.4 is 5.73 Å². The van der Waals surface area contributed by atoms with Gasteiger partial charge in [-0.3, -0.25) is 0 Å². The molecule has 0 aliphatic rings. The van der Waals surface area contributed by atoms with Gasteiger partial charge < -0.3 is 10.8 Å². The molecular formula is C10H14ClNO. The number of benzene rings is 1. The average molecular weight is 200 g/mol. The molecule has 0 aromatic heterocycles. The minimum absolute atomic E-state index is 0.111. The fourth-order valence-corrected chi connectivity index (χ4v) is 1.59. The summed E-state index contributed by atoms with van der Waals surface area (Å²) in [6.45, 7) is 3.77. The van der Waals surface area contributed by atoms with Crippen molar-refractivity contribution < 1.29 is 5.11 Å². The van der Waals surface area contributed by atoms with Crippen molar-refractivity contribution in [1.82, 2.24) is 0 Å². The quantitative estimate of drug-likeness (QED) is 0.768. The van der Waals surface area contributed by atoms with Crippen LogP contribution in [0.3, 0.4) is 0 Å². The van der Waals surface area contributed by atoms with Crippen LogP contribution in [0.2, 0.25) is 5.02 Å². The van der Waals surface area contributed by atoms with Crippen LogP contribution in [0, 0.1) is 6.92 Å². The summed E-state index contributed by atoms with van der Waals surface area (Å²) in [7, 11) is 0. The van der Waals surface area contributed by atoms with Crippen LogP contribution in [-0.4, -0.2) is 11.1 Å². The number of aromatic hydroxyl groups is 1. The van der Waals surface area contributed by atoms with Gasteiger partial charge in [0.05, 0.1) is 5.02 Å². The molecule has 0 amide bonds. The summed E-state index contributed by atoms with van der Waals surface area (Å²) < 4.78 is 0. The second kappa shape index (κ2) is 3.99. The lowest BCUT2D eigenvalue weighted by molar-refractivity contribution is 0.471. The first kappa shape index (κ1) is 10.4. The fourth-order valence-electron chi connectivity index (χ4n) is 1.30. The van der Waals surface area contributed by atoms with Gasteiger partial charge in [0.25, 0.3) is 0 Å². The van der Waals surface area contributed by atoms with Gasteiger partial charge in [-0.25, -0.2) is 0 Å². The van der Waals surface area contributed by atoms with Crippen molar-refractivity contribution in [2.75, 3.05) is 0 Å². The van der Waals surface area contributed by atoms with Gasteiger partial charge in [0.15, 0.2) is 0 Å². The average Bonchev–Trinajstić information content (AvgIpc) is 1.98. The van der Waals surface area contributed by atoms with E-state index in [1.165, 1.54) is 0 Å². The topological polar surface area (TPSA) is 46.2 Å². The summed E-state index contributed by atoms with van der Waals surface area (Å²) in [6.07, 6.45) is 0.779. The highest BCUT2D eigenvalue weighted by Crippen LogP contribution is 2.28. The summed E-state index contributed by atoms with van der Waals surface area (Å²) in [6, 6.07) is 3.78. The Labute approximate surface area is 83.3 Å². The predicted molar refractivity (Wildman–Crippen MR) is 55.2 cm³/mol. The fraction of sp³-hybridized carbons (Fsp3) is 0.400. The molecule has 0 aliphatic heterocycles. The third-order valence-electron chi connectivity index (χ3n) is 1.87. The van der Waals surface area contributed by atoms with E-state index in [2.05, 4.69) is 0 Å². The van der Waals surface area contributed by atoms with Crippen LogP contribution in [0.15, 0.2) is 12.1 Å². The molecule has 0 bridgehead atoms. The minimum atomic E-state index is 0.111. The largest absolute Gasteiger partial charge is 0.506 e. The van der Waals surface area contributed by atoms with Crippen LogP contribution in [-0.2, 0) is 6.42 Å². The number of phenols is 1. The molecule has 13 heavy (non-hydrogen) atoms. The molecule has 3 N–H and O–H groups in total. The number of hydrogen-bond acceptors (Lipinski definition) is 2. The highest BCUT2D eigenvalue weighted by atomic mass is 35.5. The SMILES string of the molecule is Cc1cc(CC(C)N)cc(Cl)c1O. The summed E-state index contributed by atoms with van der Waals surface area (Å²) >= 11 is 5.81. The Morgan fingerprint density at radius 3 is 2.62 bits per heavy atom. The Kier molecular flexibility index (Phi) is 3.17. The van der Waals surface area contributed by atoms with Crippen LogP contribution in [0.1, 0.15) is 18.1 Å². The maximum atomic E-state index is 9.40. The molecule has 0 aliphatic carbocycles. The Morgan fingerprint density at radius 2 is 2.15 bits per heavy atom. The highest BCUT2D eigenvalue weighted by molar-refractivity contribution is 6.32. The number of aryl methyl sites for hydroxylation is 1. The molecular weight excluding hydrogens is 186 g/mol. The normalized spacial score (nSPS) is 12.9. The summed E-state index contributed by atoms with van der Waals surface area (Å²) in [5.74, 6) is 0.162. The standard InChI is InChI=1S/C10H14ClNO/c1-6-3-8(4-7(2)12)5-9(11)10(6)13/h3,5,7,13H,4,12H2,1-2H3. The Balaban J connectivity index is 2.99. The van der Waals surface area contributed by atoms with Gasteiger partial charge in [0.1, 0.15) is 5.75 Å². The summed E-state index contributed by atoms with van der Waals surface area (Å²) in [4.78, 5) is 0. The first-order chi connectivity index (χ1) is 6.00. The van der Waals surface area contributed by atoms with E-state index in [0.717, 1.165) is 17.5 Å². The van der Waals surface area contributed by atoms with Crippen LogP contribution in [0.4, 0.5) is 0 Å². The van der Waals surface area contributed by atoms with E-state index in [0.29, 0.717) is 5.02 Å². The van der Waals surface area contributed by atoms with Crippen molar-refractivity contribution >= 4 is 11.6 Å². The first-order valence-electron chi connectivity index (χ1n) is 4.24. The smallest absolute Gasteiger partial charge is 0.137 e. The van der Waals surface area contributed by atoms with E-state index in [4.69, 9.17) is 17.3 Å². The number of hydrogen-bond donors (Lipinski definition) is 2. The molecule has 1 aromatic rings. The summed E-state index contributed by atoms with van der Waals surface area (Å²) in [5, 5.41) is 9.80. The third kappa shape index (κ3) is 2.61. The number of nitrogens with two attached hydrogens (primary N) is 1. The Hall–Kier alpha value is -0.730. The van der Waals surface area contributed by atoms with Crippen molar-refractivity contribution in [2.24, 2.45) is 5.73 Å². The van der Waals surface area contributed by atoms with Gasteiger partial charge >= 0.3 is 0 Å². The zero-order chi connectivity index (χ0) is 10.0. The van der Waals surface area contributed by atoms with Crippen LogP contribution >= 0.6 is 11.6 Å². The van der Waals surface area contributed by atoms with E-state index in [1.807, 2.05) is 19.9 Å². The second-order valence-electron chi connectivity index (χ2n) is 3.42. The van der Waals surface area contributed by atoms with E-state index >= 15 is 0 Å². The lowest BCUT2D eigenvalue weighted by Gasteiger charge is -2.08. The molecule has 0 radical (unpaired) electrons. The van der Waals surface area contributed by atoms with Gasteiger partial charge in [-0.05, 0) is 37.5 Å². The lowest BCUT2D eigenvalue weighted by Crippen LogP contribution is -2.17. The molecule has 0 fully saturated rings. The molecule has 72 valence electrons. The van der Waals surface area contributed by atoms with Gasteiger partial charge in [0, 0.05) is 6.04 Å². The van der Waals surface area contributed by atoms with Crippen LogP contribution in [0.5, 0.6) is 5.75 Å². The molecule has 1 rings (SSSR count). The summed E-state index contributed by atoms with van der Waals surface area (Å²) in [5.41, 5.74) is 7.52. The van der Waals surface area contributed by atoms with Crippen molar-refractivity contribution in [3.8, 4) is 5.75 Å². The number of rotatable bonds is 2. The predicted octanol–water partition coefficient (Wildman–Crippen LogP) is 2.24. The molecule has 1 unspecified atom stereocenters. The molecule has 0 spiro atoms. The number of phenolic OH excluding ortho intramolecular Hbond substituents is 1. The number of halogens is 1. The maximum absolute atomic E-state index is 9.40. The van der Waals surface area contributed by atoms with Crippen molar-refractivity contribution in [3.05, 3.63) is 28.3 Å². The molecule has 2 nitrogen and oxygen atoms in total. The van der Waals surface area contributed by atoms with Crippen molar-refractivity contribution in [2.45, 2.75) is 26.3 Å². The Morgan fingerprint density at radius 1 is 1.54 bits per heavy atom. The van der Waals surface area contributed by atoms with Crippen molar-refractivity contribution in [1.29, 1.82) is 0 Å². The van der Waals surface area contributed by atoms with E-state index in [-0.39, 0.29) is 11.8 Å². The van der Waals surface area contributed by atoms with Crippen LogP contribution in [0.25, 0.3) is 0 Å². The maximum Gasteiger partial charge on any atom is 0.137 e. The zero-order valence-electron chi connectivity index (χ0n) is 7.84. The van der Waals surface area contributed by atoms with Gasteiger partial charge in [-0.1, -0.05) is 17.7 Å². The van der Waals surface area contributed by atoms with E-state index in [1.54, 1.807) is 6.07 Å². The second-order valence-corrected chi connectivity index (χ2v) is 3.83. The molecule has 0 saturated carbocycles. The van der Waals surface area contributed by atoms with Gasteiger partial charge in [-0.15, -0.1) is 0 Å². The van der Waals surface area contributed by atoms with E-state index in [9.17, 15) is 5.11 Å². The molecule has 0 heterocycles. The monoisotopic (exact) mass is 199 g/mol. The molecule has 3 heteroatoms. The first-order valence-corrected chi connectivity index (χ1v) is 4.62. The third-order valence-corrected chi connectivity index (χ3v) is 2.16. The van der Waals surface area contributed by atoms with Gasteiger partial charge in [-0.2, -0.15) is 0 Å². The lowest BCUT2D eigenvalue weighted by atomic mass is 10.0. The molecule has 1 atom stereocenters. The zero-order valence-corrected chi connectivity index (χ0v) is 8.60. The van der Waals surface area contributed by atoms with Crippen molar-refractivity contribution in [3.63, 3.8) is 0 Å². The minimum Gasteiger partial charge on any atom is -0.506 e. The Bertz CT molecular complexity index is 287. The molecule has 0 saturated heterocycles. The van der Waals surface area contributed by atoms with Gasteiger partial charge in [0.2, 0.25) is 0 Å².